The largest absolute Gasteiger partial charge is 0.366 e. The predicted molar refractivity (Wildman–Crippen MR) is 130 cm³/mol. The number of guanidine groups is 1. The van der Waals surface area contributed by atoms with Crippen molar-refractivity contribution in [2.45, 2.75) is 6.54 Å². The van der Waals surface area contributed by atoms with Crippen molar-refractivity contribution in [3.8, 4) is 11.3 Å². The Bertz CT molecular complexity index is 967. The summed E-state index contributed by atoms with van der Waals surface area (Å²) in [5.41, 5.74) is 2.77. The Kier molecular flexibility index (Phi) is 7.67. The molecule has 0 saturated carbocycles. The number of H-pyrrole nitrogens is 1. The van der Waals surface area contributed by atoms with Gasteiger partial charge in [0, 0.05) is 33.2 Å². The summed E-state index contributed by atoms with van der Waals surface area (Å²) in [6.45, 7) is 3.62. The number of aromatic nitrogens is 2. The lowest BCUT2D eigenvalue weighted by Crippen LogP contribution is -2.52. The van der Waals surface area contributed by atoms with E-state index in [4.69, 9.17) is 0 Å². The zero-order chi connectivity index (χ0) is 20.1. The predicted octanol–water partition coefficient (Wildman–Crippen LogP) is 3.73. The quantitative estimate of drug-likeness (QED) is 0.313. The van der Waals surface area contributed by atoms with Crippen LogP contribution in [0.4, 0.5) is 10.1 Å². The normalized spacial score (nSPS) is 14.4. The summed E-state index contributed by atoms with van der Waals surface area (Å²) in [6.07, 6.45) is 1.85. The lowest BCUT2D eigenvalue weighted by Gasteiger charge is -2.37. The lowest BCUT2D eigenvalue weighted by atomic mass is 10.2. The highest BCUT2D eigenvalue weighted by Gasteiger charge is 2.21. The molecule has 1 aromatic heterocycles. The van der Waals surface area contributed by atoms with Crippen molar-refractivity contribution in [1.82, 2.24) is 20.2 Å². The minimum Gasteiger partial charge on any atom is -0.366 e. The third kappa shape index (κ3) is 5.10. The molecule has 8 heteroatoms. The van der Waals surface area contributed by atoms with Crippen LogP contribution in [0, 0.1) is 5.82 Å². The van der Waals surface area contributed by atoms with E-state index in [1.54, 1.807) is 13.1 Å². The number of piperazine rings is 1. The molecule has 0 aliphatic carbocycles. The summed E-state index contributed by atoms with van der Waals surface area (Å²) in [6, 6.07) is 17.1. The zero-order valence-corrected chi connectivity index (χ0v) is 19.2. The molecule has 3 aromatic rings. The van der Waals surface area contributed by atoms with Crippen molar-refractivity contribution in [3.63, 3.8) is 0 Å². The summed E-state index contributed by atoms with van der Waals surface area (Å²) < 4.78 is 14.0. The van der Waals surface area contributed by atoms with Gasteiger partial charge in [-0.05, 0) is 17.7 Å². The molecule has 1 aliphatic rings. The fourth-order valence-corrected chi connectivity index (χ4v) is 3.58. The van der Waals surface area contributed by atoms with Crippen molar-refractivity contribution in [2.75, 3.05) is 38.1 Å². The van der Waals surface area contributed by atoms with Gasteiger partial charge < -0.3 is 20.1 Å². The molecular formula is C22H26FIN6. The van der Waals surface area contributed by atoms with Gasteiger partial charge in [-0.1, -0.05) is 42.5 Å². The molecule has 0 bridgehead atoms. The van der Waals surface area contributed by atoms with Crippen LogP contribution in [-0.2, 0) is 6.54 Å². The summed E-state index contributed by atoms with van der Waals surface area (Å²) >= 11 is 0. The van der Waals surface area contributed by atoms with Crippen LogP contribution in [0.1, 0.15) is 5.82 Å². The number of hydrogen-bond donors (Lipinski definition) is 2. The van der Waals surface area contributed by atoms with Crippen LogP contribution in [0.3, 0.4) is 0 Å². The van der Waals surface area contributed by atoms with Crippen molar-refractivity contribution in [2.24, 2.45) is 4.99 Å². The number of halogens is 2. The molecule has 4 rings (SSSR count). The van der Waals surface area contributed by atoms with Crippen molar-refractivity contribution >= 4 is 35.6 Å². The van der Waals surface area contributed by atoms with E-state index in [1.807, 2.05) is 36.5 Å². The molecule has 2 aromatic carbocycles. The second-order valence-electron chi connectivity index (χ2n) is 6.94. The number of aliphatic imine (C=N–C) groups is 1. The lowest BCUT2D eigenvalue weighted by molar-refractivity contribution is 0.370. The Hall–Kier alpha value is -2.62. The molecular weight excluding hydrogens is 494 g/mol. The smallest absolute Gasteiger partial charge is 0.194 e. The second-order valence-corrected chi connectivity index (χ2v) is 6.94. The van der Waals surface area contributed by atoms with E-state index in [2.05, 4.69) is 42.2 Å². The first kappa shape index (κ1) is 22.1. The number of nitrogens with zero attached hydrogens (tertiary/aromatic N) is 4. The molecule has 158 valence electrons. The van der Waals surface area contributed by atoms with Gasteiger partial charge in [0.1, 0.15) is 11.6 Å². The number of para-hydroxylation sites is 1. The maximum atomic E-state index is 14.0. The van der Waals surface area contributed by atoms with Gasteiger partial charge >= 0.3 is 0 Å². The number of benzene rings is 2. The highest BCUT2D eigenvalue weighted by atomic mass is 127. The minimum absolute atomic E-state index is 0. The molecule has 0 unspecified atom stereocenters. The summed E-state index contributed by atoms with van der Waals surface area (Å²) in [5, 5.41) is 3.38. The first-order chi connectivity index (χ1) is 14.2. The molecule has 2 N–H and O–H groups in total. The van der Waals surface area contributed by atoms with Gasteiger partial charge in [-0.3, -0.25) is 4.99 Å². The number of imidazole rings is 1. The molecule has 1 saturated heterocycles. The highest BCUT2D eigenvalue weighted by Crippen LogP contribution is 2.20. The first-order valence-corrected chi connectivity index (χ1v) is 9.79. The van der Waals surface area contributed by atoms with Gasteiger partial charge in [0.15, 0.2) is 5.96 Å². The van der Waals surface area contributed by atoms with Crippen LogP contribution in [0.25, 0.3) is 11.3 Å². The maximum absolute atomic E-state index is 14.0. The summed E-state index contributed by atoms with van der Waals surface area (Å²) in [5.74, 6) is 1.52. The number of aromatic amines is 1. The third-order valence-electron chi connectivity index (χ3n) is 5.11. The van der Waals surface area contributed by atoms with Crippen LogP contribution >= 0.6 is 24.0 Å². The molecule has 2 heterocycles. The van der Waals surface area contributed by atoms with Gasteiger partial charge in [-0.2, -0.15) is 0 Å². The maximum Gasteiger partial charge on any atom is 0.194 e. The van der Waals surface area contributed by atoms with E-state index < -0.39 is 0 Å². The van der Waals surface area contributed by atoms with Crippen molar-refractivity contribution in [1.29, 1.82) is 0 Å². The van der Waals surface area contributed by atoms with Gasteiger partial charge in [-0.25, -0.2) is 9.37 Å². The summed E-state index contributed by atoms with van der Waals surface area (Å²) in [7, 11) is 1.78. The molecule has 1 aliphatic heterocycles. The molecule has 6 nitrogen and oxygen atoms in total. The second kappa shape index (κ2) is 10.4. The van der Waals surface area contributed by atoms with Crippen LogP contribution in [-0.4, -0.2) is 54.1 Å². The molecule has 0 radical (unpaired) electrons. The van der Waals surface area contributed by atoms with Gasteiger partial charge in [0.25, 0.3) is 0 Å². The number of rotatable bonds is 4. The number of nitrogens with one attached hydrogen (secondary N) is 2. The average molecular weight is 520 g/mol. The van der Waals surface area contributed by atoms with E-state index in [9.17, 15) is 4.39 Å². The van der Waals surface area contributed by atoms with Crippen molar-refractivity contribution < 1.29 is 4.39 Å². The fourth-order valence-electron chi connectivity index (χ4n) is 3.58. The molecule has 0 spiro atoms. The van der Waals surface area contributed by atoms with Gasteiger partial charge in [0.2, 0.25) is 0 Å². The summed E-state index contributed by atoms with van der Waals surface area (Å²) in [4.78, 5) is 16.5. The Morgan fingerprint density at radius 3 is 2.47 bits per heavy atom. The Balaban J connectivity index is 0.00000256. The Labute approximate surface area is 193 Å². The van der Waals surface area contributed by atoms with E-state index in [-0.39, 0.29) is 29.8 Å². The highest BCUT2D eigenvalue weighted by molar-refractivity contribution is 14.0. The Morgan fingerprint density at radius 2 is 1.77 bits per heavy atom. The van der Waals surface area contributed by atoms with E-state index in [0.717, 1.165) is 49.2 Å². The minimum atomic E-state index is -0.171. The topological polar surface area (TPSA) is 59.6 Å². The van der Waals surface area contributed by atoms with Crippen LogP contribution in [0.2, 0.25) is 0 Å². The van der Waals surface area contributed by atoms with Crippen molar-refractivity contribution in [3.05, 3.63) is 72.4 Å². The number of anilines is 1. The van der Waals surface area contributed by atoms with E-state index in [1.165, 1.54) is 6.07 Å². The third-order valence-corrected chi connectivity index (χ3v) is 5.11. The monoisotopic (exact) mass is 520 g/mol. The van der Waals surface area contributed by atoms with Crippen LogP contribution < -0.4 is 10.2 Å². The first-order valence-electron chi connectivity index (χ1n) is 9.79. The van der Waals surface area contributed by atoms with Crippen LogP contribution in [0.5, 0.6) is 0 Å². The van der Waals surface area contributed by atoms with E-state index in [0.29, 0.717) is 12.2 Å². The fraction of sp³-hybridized carbons (Fsp3) is 0.273. The van der Waals surface area contributed by atoms with Gasteiger partial charge in [-0.15, -0.1) is 24.0 Å². The zero-order valence-electron chi connectivity index (χ0n) is 16.9. The average Bonchev–Trinajstić information content (AvgIpc) is 3.25. The number of hydrogen-bond acceptors (Lipinski definition) is 3. The van der Waals surface area contributed by atoms with Crippen LogP contribution in [0.15, 0.2) is 65.8 Å². The van der Waals surface area contributed by atoms with E-state index >= 15 is 0 Å². The molecule has 1 fully saturated rings. The standard InChI is InChI=1S/C22H25FN6.HI/c1-24-22(26-16-21-25-15-19(27-21)17-7-3-2-4-8-17)29-13-11-28(12-14-29)20-10-6-5-9-18(20)23;/h2-10,15H,11-14,16H2,1H3,(H,24,26)(H,25,27);1H. The molecule has 30 heavy (non-hydrogen) atoms. The SMILES string of the molecule is CN=C(NCc1ncc(-c2ccccc2)[nH]1)N1CCN(c2ccccc2F)CC1.I. The Morgan fingerprint density at radius 1 is 1.07 bits per heavy atom. The van der Waals surface area contributed by atoms with Gasteiger partial charge in [0.05, 0.1) is 24.1 Å². The molecule has 0 atom stereocenters. The molecule has 0 amide bonds.